The van der Waals surface area contributed by atoms with Gasteiger partial charge in [0.1, 0.15) is 23.9 Å². The van der Waals surface area contributed by atoms with E-state index in [0.717, 1.165) is 5.56 Å². The Morgan fingerprint density at radius 2 is 1.60 bits per heavy atom. The summed E-state index contributed by atoms with van der Waals surface area (Å²) in [5.74, 6) is -1.08. The van der Waals surface area contributed by atoms with E-state index < -0.39 is 35.1 Å². The van der Waals surface area contributed by atoms with Gasteiger partial charge in [-0.2, -0.15) is 0 Å². The fourth-order valence-electron chi connectivity index (χ4n) is 3.58. The molecule has 0 saturated heterocycles. The number of anilines is 1. The molecule has 3 N–H and O–H groups in total. The van der Waals surface area contributed by atoms with Crippen LogP contribution in [0.5, 0.6) is 5.75 Å². The van der Waals surface area contributed by atoms with Crippen LogP contribution in [0.2, 0.25) is 0 Å². The highest BCUT2D eigenvalue weighted by Crippen LogP contribution is 2.36. The average Bonchev–Trinajstić information content (AvgIpc) is 2.76. The van der Waals surface area contributed by atoms with Crippen LogP contribution in [0.4, 0.5) is 10.5 Å². The maximum Gasteiger partial charge on any atom is 0.408 e. The van der Waals surface area contributed by atoms with E-state index in [1.54, 1.807) is 51.1 Å². The predicted octanol–water partition coefficient (Wildman–Crippen LogP) is 4.92. The molecule has 0 spiro atoms. The highest BCUT2D eigenvalue weighted by molar-refractivity contribution is 5.99. The molecule has 0 aliphatic heterocycles. The molecule has 0 bridgehead atoms. The van der Waals surface area contributed by atoms with E-state index in [1.165, 1.54) is 11.0 Å². The summed E-state index contributed by atoms with van der Waals surface area (Å²) in [7, 11) is 0. The zero-order valence-electron chi connectivity index (χ0n) is 21.6. The minimum Gasteiger partial charge on any atom is -0.508 e. The number of amides is 3. The number of nitrogens with zero attached hydrogens (tertiary/aromatic N) is 1. The summed E-state index contributed by atoms with van der Waals surface area (Å²) in [5.41, 5.74) is 0.234. The molecule has 2 aromatic rings. The third-order valence-corrected chi connectivity index (χ3v) is 5.71. The highest BCUT2D eigenvalue weighted by atomic mass is 16.6. The number of hydrogen-bond acceptors (Lipinski definition) is 5. The standard InChI is InChI=1S/C27H37N3O5/c1-8-27(6,7)30(22(32)17-28-25(34)35-26(3,4)5)23(19-14-10-12-16-21(19)31)24(33)29-20-15-11-9-13-18(20)2/h9-16,23,31H,8,17H2,1-7H3,(H,28,34)(H,29,33). The Labute approximate surface area is 207 Å². The van der Waals surface area contributed by atoms with Gasteiger partial charge < -0.3 is 25.4 Å². The van der Waals surface area contributed by atoms with Crippen molar-refractivity contribution >= 4 is 23.6 Å². The van der Waals surface area contributed by atoms with Crippen LogP contribution in [0.1, 0.15) is 65.1 Å². The Morgan fingerprint density at radius 1 is 1.00 bits per heavy atom. The van der Waals surface area contributed by atoms with Crippen molar-refractivity contribution in [3.05, 3.63) is 59.7 Å². The number of phenolic OH excluding ortho intramolecular Hbond substituents is 1. The second-order valence-electron chi connectivity index (χ2n) is 10.1. The van der Waals surface area contributed by atoms with Crippen LogP contribution in [0.15, 0.2) is 48.5 Å². The maximum atomic E-state index is 13.7. The molecule has 1 unspecified atom stereocenters. The number of alkyl carbamates (subject to hydrolysis) is 1. The number of carbonyl (C=O) groups is 3. The lowest BCUT2D eigenvalue weighted by Gasteiger charge is -2.43. The summed E-state index contributed by atoms with van der Waals surface area (Å²) >= 11 is 0. The SMILES string of the molecule is CCC(C)(C)N(C(=O)CNC(=O)OC(C)(C)C)C(C(=O)Nc1ccccc1C)c1ccccc1O. The van der Waals surface area contributed by atoms with Crippen molar-refractivity contribution < 1.29 is 24.2 Å². The van der Waals surface area contributed by atoms with Gasteiger partial charge in [0.15, 0.2) is 0 Å². The summed E-state index contributed by atoms with van der Waals surface area (Å²) in [6, 6.07) is 12.6. The van der Waals surface area contributed by atoms with Gasteiger partial charge in [-0.15, -0.1) is 0 Å². The molecule has 0 heterocycles. The zero-order valence-corrected chi connectivity index (χ0v) is 21.6. The van der Waals surface area contributed by atoms with Gasteiger partial charge >= 0.3 is 6.09 Å². The first-order valence-electron chi connectivity index (χ1n) is 11.7. The van der Waals surface area contributed by atoms with E-state index in [0.29, 0.717) is 12.1 Å². The van der Waals surface area contributed by atoms with Crippen molar-refractivity contribution in [1.29, 1.82) is 0 Å². The van der Waals surface area contributed by atoms with Gasteiger partial charge in [-0.3, -0.25) is 9.59 Å². The number of aryl methyl sites for hydroxylation is 1. The highest BCUT2D eigenvalue weighted by Gasteiger charge is 2.41. The Morgan fingerprint density at radius 3 is 2.17 bits per heavy atom. The number of rotatable bonds is 8. The summed E-state index contributed by atoms with van der Waals surface area (Å²) < 4.78 is 5.24. The van der Waals surface area contributed by atoms with E-state index in [-0.39, 0.29) is 17.9 Å². The van der Waals surface area contributed by atoms with Crippen molar-refractivity contribution in [3.8, 4) is 5.75 Å². The summed E-state index contributed by atoms with van der Waals surface area (Å²) in [5, 5.41) is 16.1. The Hall–Kier alpha value is -3.55. The van der Waals surface area contributed by atoms with Crippen molar-refractivity contribution in [2.24, 2.45) is 0 Å². The minimum atomic E-state index is -1.15. The van der Waals surface area contributed by atoms with Gasteiger partial charge in [-0.25, -0.2) is 4.79 Å². The normalized spacial score (nSPS) is 12.4. The number of aromatic hydroxyl groups is 1. The third kappa shape index (κ3) is 7.47. The summed E-state index contributed by atoms with van der Waals surface area (Å²) in [6.45, 7) is 12.3. The number of hydrogen-bond donors (Lipinski definition) is 3. The molecule has 2 rings (SSSR count). The van der Waals surface area contributed by atoms with Crippen LogP contribution in [0.25, 0.3) is 0 Å². The second kappa shape index (κ2) is 11.3. The van der Waals surface area contributed by atoms with Crippen LogP contribution in [0.3, 0.4) is 0 Å². The van der Waals surface area contributed by atoms with Crippen LogP contribution in [0, 0.1) is 6.92 Å². The number of carbonyl (C=O) groups excluding carboxylic acids is 3. The largest absolute Gasteiger partial charge is 0.508 e. The molecule has 8 nitrogen and oxygen atoms in total. The number of benzene rings is 2. The lowest BCUT2D eigenvalue weighted by atomic mass is 9.92. The van der Waals surface area contributed by atoms with E-state index in [4.69, 9.17) is 4.74 Å². The van der Waals surface area contributed by atoms with E-state index in [2.05, 4.69) is 10.6 Å². The van der Waals surface area contributed by atoms with Gasteiger partial charge in [0.2, 0.25) is 5.91 Å². The molecule has 190 valence electrons. The molecule has 3 amide bonds. The maximum absolute atomic E-state index is 13.7. The lowest BCUT2D eigenvalue weighted by Crippen LogP contribution is -2.55. The Balaban J connectivity index is 2.49. The Kier molecular flexibility index (Phi) is 8.90. The van der Waals surface area contributed by atoms with E-state index in [9.17, 15) is 19.5 Å². The average molecular weight is 484 g/mol. The Bertz CT molecular complexity index is 1060. The van der Waals surface area contributed by atoms with Gasteiger partial charge in [0, 0.05) is 16.8 Å². The second-order valence-corrected chi connectivity index (χ2v) is 10.1. The minimum absolute atomic E-state index is 0.109. The van der Waals surface area contributed by atoms with Gasteiger partial charge in [-0.05, 0) is 65.7 Å². The first-order valence-corrected chi connectivity index (χ1v) is 11.7. The lowest BCUT2D eigenvalue weighted by molar-refractivity contribution is -0.145. The number of nitrogens with one attached hydrogen (secondary N) is 2. The van der Waals surface area contributed by atoms with Crippen LogP contribution < -0.4 is 10.6 Å². The molecule has 0 saturated carbocycles. The first kappa shape index (κ1) is 27.7. The van der Waals surface area contributed by atoms with Crippen molar-refractivity contribution in [2.45, 2.75) is 72.1 Å². The zero-order chi connectivity index (χ0) is 26.4. The van der Waals surface area contributed by atoms with Gasteiger partial charge in [-0.1, -0.05) is 43.3 Å². The molecule has 0 radical (unpaired) electrons. The molecule has 8 heteroatoms. The van der Waals surface area contributed by atoms with Crippen LogP contribution in [-0.2, 0) is 14.3 Å². The molecule has 0 aromatic heterocycles. The molecule has 35 heavy (non-hydrogen) atoms. The van der Waals surface area contributed by atoms with Gasteiger partial charge in [0.05, 0.1) is 0 Å². The van der Waals surface area contributed by atoms with Crippen molar-refractivity contribution in [1.82, 2.24) is 10.2 Å². The molecule has 2 aromatic carbocycles. The number of para-hydroxylation sites is 2. The van der Waals surface area contributed by atoms with Gasteiger partial charge in [0.25, 0.3) is 5.91 Å². The fraction of sp³-hybridized carbons (Fsp3) is 0.444. The summed E-state index contributed by atoms with van der Waals surface area (Å²) in [4.78, 5) is 40.9. The van der Waals surface area contributed by atoms with Crippen molar-refractivity contribution in [3.63, 3.8) is 0 Å². The first-order chi connectivity index (χ1) is 16.3. The van der Waals surface area contributed by atoms with E-state index >= 15 is 0 Å². The van der Waals surface area contributed by atoms with Crippen molar-refractivity contribution in [2.75, 3.05) is 11.9 Å². The van der Waals surface area contributed by atoms with Crippen LogP contribution >= 0.6 is 0 Å². The monoisotopic (exact) mass is 483 g/mol. The molecular formula is C27H37N3O5. The molecule has 0 aliphatic rings. The molecular weight excluding hydrogens is 446 g/mol. The summed E-state index contributed by atoms with van der Waals surface area (Å²) in [6.07, 6.45) is -0.212. The van der Waals surface area contributed by atoms with Crippen LogP contribution in [-0.4, -0.2) is 45.6 Å². The predicted molar refractivity (Wildman–Crippen MR) is 136 cm³/mol. The smallest absolute Gasteiger partial charge is 0.408 e. The molecule has 0 aliphatic carbocycles. The number of phenols is 1. The molecule has 0 fully saturated rings. The number of ether oxygens (including phenoxy) is 1. The van der Waals surface area contributed by atoms with E-state index in [1.807, 2.05) is 39.8 Å². The fourth-order valence-corrected chi connectivity index (χ4v) is 3.58. The topological polar surface area (TPSA) is 108 Å². The quantitative estimate of drug-likeness (QED) is 0.494. The molecule has 1 atom stereocenters. The third-order valence-electron chi connectivity index (χ3n) is 5.71.